The molecule has 14 rings (SSSR count). The number of fused-ring (bicyclic) bond motifs is 16. The highest BCUT2D eigenvalue weighted by molar-refractivity contribution is 5.73. The van der Waals surface area contributed by atoms with Gasteiger partial charge in [-0.3, -0.25) is 0 Å². The molecule has 25 heteroatoms. The van der Waals surface area contributed by atoms with E-state index in [1.807, 2.05) is 206 Å². The number of rotatable bonds is 10. The Morgan fingerprint density at radius 2 is 0.424 bits per heavy atom. The van der Waals surface area contributed by atoms with Crippen molar-refractivity contribution in [3.63, 3.8) is 0 Å². The molecule has 0 aliphatic carbocycles. The van der Waals surface area contributed by atoms with Crippen LogP contribution in [0.15, 0.2) is 206 Å². The third kappa shape index (κ3) is 12.8. The Hall–Kier alpha value is -12.8. The molecule has 6 heterocycles. The lowest BCUT2D eigenvalue weighted by Gasteiger charge is -2.15. The molecule has 0 radical (unpaired) electrons. The minimum absolute atomic E-state index is 0.288. The molecular formula is C60H46N24O. The summed E-state index contributed by atoms with van der Waals surface area (Å²) in [7, 11) is 0. The summed E-state index contributed by atoms with van der Waals surface area (Å²) in [6, 6.07) is 64.7. The Kier molecular flexibility index (Phi) is 13.5. The first kappa shape index (κ1) is 50.4. The predicted molar refractivity (Wildman–Crippen MR) is 330 cm³/mol. The summed E-state index contributed by atoms with van der Waals surface area (Å²) >= 11 is 0. The molecule has 85 heavy (non-hydrogen) atoms. The zero-order valence-electron chi connectivity index (χ0n) is 44.4. The maximum atomic E-state index is 6.29. The third-order valence-electron chi connectivity index (χ3n) is 12.6. The zero-order valence-corrected chi connectivity index (χ0v) is 44.4. The van der Waals surface area contributed by atoms with Crippen molar-refractivity contribution in [2.75, 3.05) is 63.8 Å². The second kappa shape index (κ2) is 22.7. The number of para-hydroxylation sites is 2. The van der Waals surface area contributed by atoms with E-state index >= 15 is 0 Å². The second-order valence-electron chi connectivity index (χ2n) is 18.9. The predicted octanol–water partition coefficient (Wildman–Crippen LogP) is 13.8. The van der Waals surface area contributed by atoms with Gasteiger partial charge in [-0.05, 0) is 146 Å². The highest BCUT2D eigenvalue weighted by Gasteiger charge is 2.16. The summed E-state index contributed by atoms with van der Waals surface area (Å²) in [5.41, 5.74) is 8.73. The van der Waals surface area contributed by atoms with E-state index in [1.165, 1.54) is 0 Å². The van der Waals surface area contributed by atoms with Crippen molar-refractivity contribution in [1.82, 2.24) is 59.8 Å². The molecule has 0 atom stereocenters. The SMILES string of the molecule is c1ccc(Nc2nc3nc(n2)Nc2cccc(c2)Nc2nc(Nc4ccc(Oc5ccc(Nc6nc7nc(n6)Nc6cccc(c6)Nc6nc(Nc8ccccc8)nc(n6)Nc6cccc(c6)N7)cc5)cc4)nc(n2)Nc2cccc(c2)N3)cc1. The molecular weight excluding hydrogens is 1070 g/mol. The van der Waals surface area contributed by atoms with E-state index in [-0.39, 0.29) is 11.9 Å². The second-order valence-corrected chi connectivity index (χ2v) is 18.9. The first-order chi connectivity index (χ1) is 41.8. The van der Waals surface area contributed by atoms with Gasteiger partial charge in [-0.25, -0.2) is 0 Å². The normalized spacial score (nSPS) is 11.8. The third-order valence-corrected chi connectivity index (χ3v) is 12.6. The van der Waals surface area contributed by atoms with E-state index in [1.54, 1.807) is 0 Å². The van der Waals surface area contributed by atoms with Gasteiger partial charge in [-0.15, -0.1) is 0 Å². The van der Waals surface area contributed by atoms with Crippen LogP contribution >= 0.6 is 0 Å². The van der Waals surface area contributed by atoms with Crippen molar-refractivity contribution in [2.24, 2.45) is 0 Å². The van der Waals surface area contributed by atoms with Gasteiger partial charge in [0.15, 0.2) is 0 Å². The average molecular weight is 1120 g/mol. The smallest absolute Gasteiger partial charge is 0.233 e. The molecule has 2 aliphatic rings. The number of hydrogen-bond acceptors (Lipinski definition) is 25. The van der Waals surface area contributed by atoms with Crippen LogP contribution in [0.4, 0.5) is 140 Å². The van der Waals surface area contributed by atoms with Crippen molar-refractivity contribution in [1.29, 1.82) is 0 Å². The number of hydrogen-bond donors (Lipinski definition) is 12. The van der Waals surface area contributed by atoms with Crippen LogP contribution in [-0.2, 0) is 0 Å². The monoisotopic (exact) mass is 1120 g/mol. The highest BCUT2D eigenvalue weighted by atomic mass is 16.5. The molecule has 0 spiro atoms. The van der Waals surface area contributed by atoms with Gasteiger partial charge < -0.3 is 68.5 Å². The molecule has 4 aromatic heterocycles. The molecule has 25 nitrogen and oxygen atoms in total. The molecule has 12 aromatic rings. The van der Waals surface area contributed by atoms with Crippen molar-refractivity contribution in [3.8, 4) is 11.5 Å². The largest absolute Gasteiger partial charge is 0.457 e. The van der Waals surface area contributed by atoms with Crippen LogP contribution in [0.1, 0.15) is 0 Å². The zero-order chi connectivity index (χ0) is 56.7. The van der Waals surface area contributed by atoms with Gasteiger partial charge >= 0.3 is 0 Å². The van der Waals surface area contributed by atoms with E-state index < -0.39 is 0 Å². The van der Waals surface area contributed by atoms with Gasteiger partial charge in [0, 0.05) is 68.2 Å². The summed E-state index contributed by atoms with van der Waals surface area (Å²) in [6.45, 7) is 0. The van der Waals surface area contributed by atoms with Crippen LogP contribution in [0.3, 0.4) is 0 Å². The summed E-state index contributed by atoms with van der Waals surface area (Å²) in [5, 5.41) is 39.8. The Morgan fingerprint density at radius 3 is 0.647 bits per heavy atom. The maximum Gasteiger partial charge on any atom is 0.233 e. The first-order valence-electron chi connectivity index (χ1n) is 26.5. The van der Waals surface area contributed by atoms with E-state index in [0.717, 1.165) is 11.4 Å². The van der Waals surface area contributed by atoms with E-state index in [0.29, 0.717) is 128 Å². The lowest BCUT2D eigenvalue weighted by atomic mass is 10.2. The van der Waals surface area contributed by atoms with Gasteiger partial charge in [0.25, 0.3) is 0 Å². The van der Waals surface area contributed by atoms with Crippen LogP contribution in [0, 0.1) is 0 Å². The molecule has 16 bridgehead atoms. The van der Waals surface area contributed by atoms with E-state index in [9.17, 15) is 0 Å². The fraction of sp³-hybridized carbons (Fsp3) is 0. The standard InChI is InChI=1S/C60H46N24O/c1-3-11-35(12-4-1)61-49-73-53-65-39-15-7-19-43(31-39)69-57-77-51(78-58(83-57)70-44-20-8-16-40(32-44)66-54(74-49)81-53)63-37-23-27-47(28-24-37)85-48-29-25-38(26-30-48)64-52-79-59-71-45-21-9-17-41(33-45)67-55-75-50(62-36-13-5-2-6-14-36)76-56(82-55)68-42-18-10-22-46(34-42)72-60(80-52)84-59/h1-34H,(H3,61,65,66,73,74,81)(H3,62,67,68,75,76,82)(H3,63,69,70,77,78,83)(H3,64,71,72,79,80,84). The molecule has 0 amide bonds. The lowest BCUT2D eigenvalue weighted by molar-refractivity contribution is 0.483. The summed E-state index contributed by atoms with van der Waals surface area (Å²) in [4.78, 5) is 56.4. The van der Waals surface area contributed by atoms with Crippen LogP contribution in [-0.4, -0.2) is 59.8 Å². The molecule has 12 N–H and O–H groups in total. The molecule has 412 valence electrons. The number of nitrogens with zero attached hydrogens (tertiary/aromatic N) is 12. The summed E-state index contributed by atoms with van der Waals surface area (Å²) in [5.74, 6) is 4.96. The minimum Gasteiger partial charge on any atom is -0.457 e. The first-order valence-corrected chi connectivity index (χ1v) is 26.5. The lowest BCUT2D eigenvalue weighted by Crippen LogP contribution is -2.09. The fourth-order valence-electron chi connectivity index (χ4n) is 8.81. The minimum atomic E-state index is 0.288. The maximum absolute atomic E-state index is 6.29. The van der Waals surface area contributed by atoms with Crippen LogP contribution < -0.4 is 68.5 Å². The van der Waals surface area contributed by atoms with Gasteiger partial charge in [0.1, 0.15) is 11.5 Å². The van der Waals surface area contributed by atoms with Crippen LogP contribution in [0.5, 0.6) is 11.5 Å². The van der Waals surface area contributed by atoms with Crippen molar-refractivity contribution >= 4 is 140 Å². The average Bonchev–Trinajstić information content (AvgIpc) is 3.64. The fourth-order valence-corrected chi connectivity index (χ4v) is 8.81. The van der Waals surface area contributed by atoms with E-state index in [2.05, 4.69) is 93.7 Å². The molecule has 8 aromatic carbocycles. The molecule has 0 unspecified atom stereocenters. The van der Waals surface area contributed by atoms with Crippen molar-refractivity contribution < 1.29 is 4.74 Å². The van der Waals surface area contributed by atoms with Gasteiger partial charge in [0.2, 0.25) is 71.4 Å². The Bertz CT molecular complexity index is 3920. The van der Waals surface area contributed by atoms with Crippen molar-refractivity contribution in [2.45, 2.75) is 0 Å². The number of ether oxygens (including phenoxy) is 1. The molecule has 2 aliphatic heterocycles. The van der Waals surface area contributed by atoms with Crippen LogP contribution in [0.25, 0.3) is 0 Å². The van der Waals surface area contributed by atoms with Gasteiger partial charge in [0.05, 0.1) is 0 Å². The van der Waals surface area contributed by atoms with Gasteiger partial charge in [-0.1, -0.05) is 60.7 Å². The Morgan fingerprint density at radius 1 is 0.212 bits per heavy atom. The molecule has 0 saturated carbocycles. The van der Waals surface area contributed by atoms with Crippen molar-refractivity contribution in [3.05, 3.63) is 206 Å². The number of aromatic nitrogens is 12. The number of nitrogens with one attached hydrogen (secondary N) is 12. The van der Waals surface area contributed by atoms with Gasteiger partial charge in [-0.2, -0.15) is 59.8 Å². The Labute approximate surface area is 483 Å². The number of benzene rings is 8. The van der Waals surface area contributed by atoms with E-state index in [4.69, 9.17) is 34.6 Å². The number of anilines is 24. The topological polar surface area (TPSA) is 308 Å². The quantitative estimate of drug-likeness (QED) is 0.0605. The molecule has 0 saturated heterocycles. The summed E-state index contributed by atoms with van der Waals surface area (Å²) < 4.78 is 6.29. The molecule has 0 fully saturated rings. The highest BCUT2D eigenvalue weighted by Crippen LogP contribution is 2.32. The Balaban J connectivity index is 0.660. The summed E-state index contributed by atoms with van der Waals surface area (Å²) in [6.07, 6.45) is 0. The van der Waals surface area contributed by atoms with Crippen LogP contribution in [0.2, 0.25) is 0 Å².